The Morgan fingerprint density at radius 2 is 2.26 bits per heavy atom. The summed E-state index contributed by atoms with van der Waals surface area (Å²) in [5, 5.41) is 1.50. The van der Waals surface area contributed by atoms with Crippen LogP contribution in [0.5, 0.6) is 0 Å². The number of hydrogen-bond acceptors (Lipinski definition) is 5. The first kappa shape index (κ1) is 16.7. The summed E-state index contributed by atoms with van der Waals surface area (Å²) in [6.07, 6.45) is 3.74. The molecule has 0 amide bonds. The van der Waals surface area contributed by atoms with E-state index >= 15 is 0 Å². The second-order valence-electron chi connectivity index (χ2n) is 5.98. The number of pyridine rings is 1. The lowest BCUT2D eigenvalue weighted by molar-refractivity contribution is -0.191. The molecule has 1 saturated carbocycles. The van der Waals surface area contributed by atoms with Crippen LogP contribution in [0.3, 0.4) is 0 Å². The van der Waals surface area contributed by atoms with E-state index < -0.39 is 5.60 Å². The van der Waals surface area contributed by atoms with Crippen molar-refractivity contribution in [2.75, 3.05) is 6.61 Å². The third-order valence-electron chi connectivity index (χ3n) is 4.10. The summed E-state index contributed by atoms with van der Waals surface area (Å²) in [5.41, 5.74) is -0.569. The van der Waals surface area contributed by atoms with Crippen LogP contribution in [0.1, 0.15) is 44.4 Å². The van der Waals surface area contributed by atoms with Crippen molar-refractivity contribution in [1.29, 1.82) is 0 Å². The minimum Gasteiger partial charge on any atom is -0.453 e. The van der Waals surface area contributed by atoms with Crippen molar-refractivity contribution in [3.63, 3.8) is 0 Å². The Morgan fingerprint density at radius 1 is 1.48 bits per heavy atom. The molecule has 2 aromatic heterocycles. The van der Waals surface area contributed by atoms with Gasteiger partial charge in [-0.3, -0.25) is 4.79 Å². The number of rotatable bonds is 6. The Kier molecular flexibility index (Phi) is 4.90. The molecule has 0 bridgehead atoms. The smallest absolute Gasteiger partial charge is 0.303 e. The van der Waals surface area contributed by atoms with Crippen molar-refractivity contribution in [1.82, 2.24) is 4.98 Å². The van der Waals surface area contributed by atoms with E-state index in [1.54, 1.807) is 6.07 Å². The molecule has 0 aromatic carbocycles. The summed E-state index contributed by atoms with van der Waals surface area (Å²) in [6, 6.07) is 5.77. The number of unbranched alkanes of at least 4 members (excludes halogenated alkanes) is 1. The molecule has 0 N–H and O–H groups in total. The van der Waals surface area contributed by atoms with Gasteiger partial charge in [0.2, 0.25) is 0 Å². The molecule has 1 aliphatic carbocycles. The number of fused-ring (bicyclic) bond motifs is 1. The first-order chi connectivity index (χ1) is 11.0. The monoisotopic (exact) mass is 353 g/mol. The second-order valence-corrected chi connectivity index (χ2v) is 7.40. The highest BCUT2D eigenvalue weighted by Crippen LogP contribution is 2.49. The van der Waals surface area contributed by atoms with E-state index in [9.17, 15) is 4.79 Å². The zero-order valence-electron chi connectivity index (χ0n) is 13.3. The van der Waals surface area contributed by atoms with Crippen LogP contribution in [-0.4, -0.2) is 23.7 Å². The van der Waals surface area contributed by atoms with Gasteiger partial charge in [0.25, 0.3) is 0 Å². The zero-order valence-corrected chi connectivity index (χ0v) is 14.9. The van der Waals surface area contributed by atoms with E-state index in [1.165, 1.54) is 18.3 Å². The third kappa shape index (κ3) is 3.52. The van der Waals surface area contributed by atoms with E-state index in [0.29, 0.717) is 18.0 Å². The molecule has 1 fully saturated rings. The number of ether oxygens (including phenoxy) is 2. The SMILES string of the molecule is CCCCOC1CC(OC(C)=O)(c2cc3ccc(Cl)nc3s2)C1. The molecule has 0 radical (unpaired) electrons. The van der Waals surface area contributed by atoms with Gasteiger partial charge in [0.15, 0.2) is 5.60 Å². The lowest BCUT2D eigenvalue weighted by Gasteiger charge is -2.45. The fourth-order valence-electron chi connectivity index (χ4n) is 2.92. The van der Waals surface area contributed by atoms with Crippen LogP contribution in [0.2, 0.25) is 5.15 Å². The molecule has 0 saturated heterocycles. The van der Waals surface area contributed by atoms with Gasteiger partial charge in [-0.2, -0.15) is 0 Å². The molecule has 0 unspecified atom stereocenters. The van der Waals surface area contributed by atoms with Crippen LogP contribution in [0.15, 0.2) is 18.2 Å². The number of aromatic nitrogens is 1. The maximum atomic E-state index is 11.6. The van der Waals surface area contributed by atoms with Crippen LogP contribution in [0.4, 0.5) is 0 Å². The Labute approximate surface area is 144 Å². The van der Waals surface area contributed by atoms with Crippen molar-refractivity contribution >= 4 is 39.1 Å². The first-order valence-electron chi connectivity index (χ1n) is 7.90. The van der Waals surface area contributed by atoms with Crippen LogP contribution < -0.4 is 0 Å². The van der Waals surface area contributed by atoms with E-state index in [4.69, 9.17) is 21.1 Å². The minimum atomic E-state index is -0.569. The van der Waals surface area contributed by atoms with E-state index in [2.05, 4.69) is 18.0 Å². The fraction of sp³-hybridized carbons (Fsp3) is 0.529. The molecule has 23 heavy (non-hydrogen) atoms. The van der Waals surface area contributed by atoms with Crippen LogP contribution in [-0.2, 0) is 19.9 Å². The van der Waals surface area contributed by atoms with Crippen LogP contribution in [0, 0.1) is 0 Å². The standard InChI is InChI=1S/C17H20ClNO3S/c1-3-4-7-21-13-9-17(10-13,22-11(2)20)14-8-12-5-6-15(18)19-16(12)23-14/h5-6,8,13H,3-4,7,9-10H2,1-2H3. The number of nitrogens with zero attached hydrogens (tertiary/aromatic N) is 1. The molecule has 0 aliphatic heterocycles. The highest BCUT2D eigenvalue weighted by atomic mass is 35.5. The lowest BCUT2D eigenvalue weighted by Crippen LogP contribution is -2.48. The van der Waals surface area contributed by atoms with Crippen LogP contribution in [0.25, 0.3) is 10.2 Å². The van der Waals surface area contributed by atoms with Gasteiger partial charge in [0.1, 0.15) is 9.98 Å². The average Bonchev–Trinajstić information content (AvgIpc) is 2.87. The summed E-state index contributed by atoms with van der Waals surface area (Å²) in [6.45, 7) is 4.36. The van der Waals surface area contributed by atoms with Crippen molar-refractivity contribution in [3.8, 4) is 0 Å². The normalized spacial score (nSPS) is 23.7. The second kappa shape index (κ2) is 6.75. The van der Waals surface area contributed by atoms with E-state index in [-0.39, 0.29) is 12.1 Å². The molecule has 0 spiro atoms. The molecule has 2 aromatic rings. The largest absolute Gasteiger partial charge is 0.453 e. The maximum Gasteiger partial charge on any atom is 0.303 e. The fourth-order valence-corrected chi connectivity index (χ4v) is 4.29. The van der Waals surface area contributed by atoms with Crippen molar-refractivity contribution in [2.24, 2.45) is 0 Å². The average molecular weight is 354 g/mol. The zero-order chi connectivity index (χ0) is 16.4. The van der Waals surface area contributed by atoms with E-state index in [0.717, 1.165) is 34.5 Å². The summed E-state index contributed by atoms with van der Waals surface area (Å²) in [7, 11) is 0. The summed E-state index contributed by atoms with van der Waals surface area (Å²) in [5.74, 6) is -0.263. The van der Waals surface area contributed by atoms with Gasteiger partial charge >= 0.3 is 5.97 Å². The van der Waals surface area contributed by atoms with Gasteiger partial charge in [-0.15, -0.1) is 11.3 Å². The Bertz CT molecular complexity index is 709. The van der Waals surface area contributed by atoms with Crippen molar-refractivity contribution in [3.05, 3.63) is 28.2 Å². The predicted octanol–water partition coefficient (Wildman–Crippen LogP) is 4.69. The summed E-state index contributed by atoms with van der Waals surface area (Å²) < 4.78 is 11.5. The van der Waals surface area contributed by atoms with Crippen molar-refractivity contribution in [2.45, 2.75) is 51.2 Å². The first-order valence-corrected chi connectivity index (χ1v) is 9.09. The quantitative estimate of drug-likeness (QED) is 0.429. The number of carbonyl (C=O) groups is 1. The molecule has 2 heterocycles. The number of esters is 1. The minimum absolute atomic E-state index is 0.155. The molecular formula is C17H20ClNO3S. The topological polar surface area (TPSA) is 48.4 Å². The van der Waals surface area contributed by atoms with Gasteiger partial charge in [-0.1, -0.05) is 24.9 Å². The summed E-state index contributed by atoms with van der Waals surface area (Å²) >= 11 is 7.50. The molecule has 6 heteroatoms. The molecule has 124 valence electrons. The maximum absolute atomic E-state index is 11.6. The Hall–Kier alpha value is -1.17. The highest BCUT2D eigenvalue weighted by molar-refractivity contribution is 7.18. The van der Waals surface area contributed by atoms with Gasteiger partial charge < -0.3 is 9.47 Å². The third-order valence-corrected chi connectivity index (χ3v) is 5.54. The molecule has 1 aliphatic rings. The van der Waals surface area contributed by atoms with Gasteiger partial charge in [0.05, 0.1) is 11.0 Å². The lowest BCUT2D eigenvalue weighted by atomic mass is 9.76. The van der Waals surface area contributed by atoms with Gasteiger partial charge in [0, 0.05) is 31.8 Å². The molecule has 4 nitrogen and oxygen atoms in total. The summed E-state index contributed by atoms with van der Waals surface area (Å²) in [4.78, 5) is 17.8. The Balaban J connectivity index is 1.80. The Morgan fingerprint density at radius 3 is 2.96 bits per heavy atom. The number of carbonyl (C=O) groups excluding carboxylic acids is 1. The number of hydrogen-bond donors (Lipinski definition) is 0. The van der Waals surface area contributed by atoms with Crippen molar-refractivity contribution < 1.29 is 14.3 Å². The molecular weight excluding hydrogens is 334 g/mol. The molecule has 0 atom stereocenters. The highest BCUT2D eigenvalue weighted by Gasteiger charge is 2.50. The van der Waals surface area contributed by atoms with Gasteiger partial charge in [-0.25, -0.2) is 4.98 Å². The predicted molar refractivity (Wildman–Crippen MR) is 92.0 cm³/mol. The number of halogens is 1. The van der Waals surface area contributed by atoms with Gasteiger partial charge in [-0.05, 0) is 24.6 Å². The van der Waals surface area contributed by atoms with Crippen LogP contribution >= 0.6 is 22.9 Å². The molecule has 3 rings (SSSR count). The van der Waals surface area contributed by atoms with E-state index in [1.807, 2.05) is 6.07 Å². The number of thiophene rings is 1.